The monoisotopic (exact) mass is 363 g/mol. The van der Waals surface area contributed by atoms with Crippen molar-refractivity contribution in [2.45, 2.75) is 13.3 Å². The summed E-state index contributed by atoms with van der Waals surface area (Å²) < 4.78 is 5.07. The van der Waals surface area contributed by atoms with E-state index in [1.165, 1.54) is 16.7 Å². The zero-order valence-corrected chi connectivity index (χ0v) is 15.7. The molecule has 0 aliphatic carbocycles. The molecule has 0 radical (unpaired) electrons. The largest absolute Gasteiger partial charge is 0.465 e. The lowest BCUT2D eigenvalue weighted by atomic mass is 9.99. The molecule has 2 aliphatic rings. The van der Waals surface area contributed by atoms with E-state index in [0.29, 0.717) is 13.2 Å². The highest BCUT2D eigenvalue weighted by molar-refractivity contribution is 6.02. The lowest BCUT2D eigenvalue weighted by Crippen LogP contribution is -2.50. The molecule has 0 saturated carbocycles. The minimum atomic E-state index is -0.142. The molecule has 2 heterocycles. The molecular formula is C22H25N3O2. The number of amidine groups is 1. The number of para-hydroxylation sites is 1. The van der Waals surface area contributed by atoms with Gasteiger partial charge in [-0.15, -0.1) is 0 Å². The molecule has 4 rings (SSSR count). The van der Waals surface area contributed by atoms with Crippen molar-refractivity contribution in [2.24, 2.45) is 4.99 Å². The maximum atomic E-state index is 11.7. The van der Waals surface area contributed by atoms with Crippen LogP contribution in [0.25, 0.3) is 0 Å². The molecule has 27 heavy (non-hydrogen) atoms. The van der Waals surface area contributed by atoms with E-state index in [4.69, 9.17) is 9.73 Å². The molecule has 0 aromatic heterocycles. The van der Waals surface area contributed by atoms with E-state index in [2.05, 4.69) is 52.3 Å². The van der Waals surface area contributed by atoms with E-state index in [1.807, 2.05) is 13.0 Å². The Morgan fingerprint density at radius 2 is 1.70 bits per heavy atom. The van der Waals surface area contributed by atoms with Gasteiger partial charge >= 0.3 is 5.97 Å². The van der Waals surface area contributed by atoms with Gasteiger partial charge in [-0.1, -0.05) is 42.5 Å². The van der Waals surface area contributed by atoms with Gasteiger partial charge in [0.1, 0.15) is 5.84 Å². The third-order valence-electron chi connectivity index (χ3n) is 5.19. The second-order valence-electron chi connectivity index (χ2n) is 6.97. The number of esters is 1. The molecule has 0 atom stereocenters. The van der Waals surface area contributed by atoms with Gasteiger partial charge in [-0.3, -0.25) is 9.69 Å². The summed E-state index contributed by atoms with van der Waals surface area (Å²) in [5.74, 6) is 0.906. The van der Waals surface area contributed by atoms with Crippen LogP contribution in [-0.2, 0) is 16.0 Å². The van der Waals surface area contributed by atoms with Crippen molar-refractivity contribution in [2.75, 3.05) is 39.3 Å². The van der Waals surface area contributed by atoms with Crippen molar-refractivity contribution in [3.05, 3.63) is 65.2 Å². The first-order valence-corrected chi connectivity index (χ1v) is 9.62. The average Bonchev–Trinajstić information content (AvgIpc) is 2.85. The predicted molar refractivity (Wildman–Crippen MR) is 107 cm³/mol. The Balaban J connectivity index is 1.56. The quantitative estimate of drug-likeness (QED) is 0.787. The highest BCUT2D eigenvalue weighted by Gasteiger charge is 2.25. The molecular weight excluding hydrogens is 338 g/mol. The zero-order chi connectivity index (χ0) is 18.6. The number of aliphatic imine (C=N–C) groups is 1. The molecule has 2 aromatic carbocycles. The Bertz CT molecular complexity index is 854. The van der Waals surface area contributed by atoms with Crippen LogP contribution in [0.3, 0.4) is 0 Å². The van der Waals surface area contributed by atoms with Gasteiger partial charge in [0.2, 0.25) is 0 Å². The number of fused-ring (bicyclic) bond motifs is 2. The molecule has 0 bridgehead atoms. The number of nitrogens with zero attached hydrogens (tertiary/aromatic N) is 3. The SMILES string of the molecule is CCOC(=O)CN1CCN(C2=Nc3ccccc3Cc3ccccc32)CC1. The number of carbonyl (C=O) groups excluding carboxylic acids is 1. The molecule has 5 heteroatoms. The highest BCUT2D eigenvalue weighted by Crippen LogP contribution is 2.29. The summed E-state index contributed by atoms with van der Waals surface area (Å²) in [6.07, 6.45) is 0.905. The minimum Gasteiger partial charge on any atom is -0.465 e. The Kier molecular flexibility index (Phi) is 5.21. The third kappa shape index (κ3) is 3.88. The summed E-state index contributed by atoms with van der Waals surface area (Å²) in [4.78, 5) is 21.3. The standard InChI is InChI=1S/C22H25N3O2/c1-2-27-21(26)16-24-11-13-25(14-12-24)22-19-9-5-3-7-17(19)15-18-8-4-6-10-20(18)23-22/h3-10H,2,11-16H2,1H3. The van der Waals surface area contributed by atoms with Gasteiger partial charge in [0, 0.05) is 38.2 Å². The maximum absolute atomic E-state index is 11.7. The van der Waals surface area contributed by atoms with Gasteiger partial charge in [0.05, 0.1) is 18.8 Å². The summed E-state index contributed by atoms with van der Waals surface area (Å²) in [5, 5.41) is 0. The van der Waals surface area contributed by atoms with Crippen LogP contribution in [0.15, 0.2) is 53.5 Å². The van der Waals surface area contributed by atoms with Gasteiger partial charge in [-0.2, -0.15) is 0 Å². The fourth-order valence-electron chi connectivity index (χ4n) is 3.79. The maximum Gasteiger partial charge on any atom is 0.320 e. The second kappa shape index (κ2) is 7.92. The molecule has 0 N–H and O–H groups in total. The van der Waals surface area contributed by atoms with Gasteiger partial charge in [-0.05, 0) is 24.1 Å². The number of carbonyl (C=O) groups is 1. The van der Waals surface area contributed by atoms with Crippen LogP contribution in [0.4, 0.5) is 5.69 Å². The molecule has 2 aromatic rings. The van der Waals surface area contributed by atoms with Gasteiger partial charge in [0.25, 0.3) is 0 Å². The summed E-state index contributed by atoms with van der Waals surface area (Å²) in [5.41, 5.74) is 4.85. The highest BCUT2D eigenvalue weighted by atomic mass is 16.5. The minimum absolute atomic E-state index is 0.142. The van der Waals surface area contributed by atoms with E-state index in [0.717, 1.165) is 44.1 Å². The Morgan fingerprint density at radius 1 is 1.00 bits per heavy atom. The average molecular weight is 363 g/mol. The first-order chi connectivity index (χ1) is 13.2. The van der Waals surface area contributed by atoms with Gasteiger partial charge in [-0.25, -0.2) is 4.99 Å². The van der Waals surface area contributed by atoms with Crippen LogP contribution in [0, 0.1) is 0 Å². The molecule has 0 unspecified atom stereocenters. The van der Waals surface area contributed by atoms with Gasteiger partial charge in [0.15, 0.2) is 0 Å². The summed E-state index contributed by atoms with van der Waals surface area (Å²) >= 11 is 0. The Labute approximate surface area is 160 Å². The fourth-order valence-corrected chi connectivity index (χ4v) is 3.79. The van der Waals surface area contributed by atoms with Crippen LogP contribution in [0.5, 0.6) is 0 Å². The van der Waals surface area contributed by atoms with E-state index in [9.17, 15) is 4.79 Å². The van der Waals surface area contributed by atoms with E-state index < -0.39 is 0 Å². The summed E-state index contributed by atoms with van der Waals surface area (Å²) in [6, 6.07) is 16.9. The number of hydrogen-bond acceptors (Lipinski definition) is 5. The molecule has 1 fully saturated rings. The van der Waals surface area contributed by atoms with Crippen LogP contribution >= 0.6 is 0 Å². The van der Waals surface area contributed by atoms with Crippen LogP contribution in [-0.4, -0.2) is 60.9 Å². The van der Waals surface area contributed by atoms with Crippen LogP contribution in [0.2, 0.25) is 0 Å². The van der Waals surface area contributed by atoms with Gasteiger partial charge < -0.3 is 9.64 Å². The van der Waals surface area contributed by atoms with E-state index in [1.54, 1.807) is 0 Å². The second-order valence-corrected chi connectivity index (χ2v) is 6.97. The van der Waals surface area contributed by atoms with Crippen molar-refractivity contribution in [3.63, 3.8) is 0 Å². The molecule has 5 nitrogen and oxygen atoms in total. The van der Waals surface area contributed by atoms with Crippen molar-refractivity contribution in [1.29, 1.82) is 0 Å². The number of piperazine rings is 1. The lowest BCUT2D eigenvalue weighted by molar-refractivity contribution is -0.144. The van der Waals surface area contributed by atoms with Crippen molar-refractivity contribution >= 4 is 17.5 Å². The van der Waals surface area contributed by atoms with Crippen molar-refractivity contribution in [3.8, 4) is 0 Å². The zero-order valence-electron chi connectivity index (χ0n) is 15.7. The van der Waals surface area contributed by atoms with Crippen LogP contribution < -0.4 is 0 Å². The number of hydrogen-bond donors (Lipinski definition) is 0. The smallest absolute Gasteiger partial charge is 0.320 e. The predicted octanol–water partition coefficient (Wildman–Crippen LogP) is 2.85. The molecule has 0 spiro atoms. The topological polar surface area (TPSA) is 45.1 Å². The number of ether oxygens (including phenoxy) is 1. The normalized spacial score (nSPS) is 16.8. The van der Waals surface area contributed by atoms with E-state index >= 15 is 0 Å². The van der Waals surface area contributed by atoms with Crippen molar-refractivity contribution < 1.29 is 9.53 Å². The molecule has 0 amide bonds. The number of benzene rings is 2. The number of rotatable bonds is 3. The molecule has 140 valence electrons. The third-order valence-corrected chi connectivity index (χ3v) is 5.19. The lowest BCUT2D eigenvalue weighted by Gasteiger charge is -2.36. The first kappa shape index (κ1) is 17.7. The summed E-state index contributed by atoms with van der Waals surface area (Å²) in [6.45, 7) is 6.03. The van der Waals surface area contributed by atoms with Crippen LogP contribution in [0.1, 0.15) is 23.6 Å². The molecule has 1 saturated heterocycles. The Morgan fingerprint density at radius 3 is 2.48 bits per heavy atom. The van der Waals surface area contributed by atoms with Crippen molar-refractivity contribution in [1.82, 2.24) is 9.80 Å². The molecule has 2 aliphatic heterocycles. The first-order valence-electron chi connectivity index (χ1n) is 9.62. The fraction of sp³-hybridized carbons (Fsp3) is 0.364. The Hall–Kier alpha value is -2.66. The summed E-state index contributed by atoms with van der Waals surface area (Å²) in [7, 11) is 0. The van der Waals surface area contributed by atoms with E-state index in [-0.39, 0.29) is 5.97 Å².